The number of unbranched alkanes of at least 4 members (excludes halogenated alkanes) is 2. The first kappa shape index (κ1) is 21.9. The molecular weight excluding hydrogens is 315 g/mol. The monoisotopic (exact) mass is 360 g/mol. The number of nitrogens with one attached hydrogen (secondary N) is 1. The summed E-state index contributed by atoms with van der Waals surface area (Å²) in [4.78, 5) is 2.83. The summed E-state index contributed by atoms with van der Waals surface area (Å²) >= 11 is 0. The number of hydrogen-bond donors (Lipinski definition) is 1. The van der Waals surface area contributed by atoms with Crippen molar-refractivity contribution in [3.8, 4) is 0 Å². The van der Waals surface area contributed by atoms with Crippen molar-refractivity contribution in [3.05, 3.63) is 11.3 Å². The zero-order valence-electron chi connectivity index (χ0n) is 18.9. The molecule has 1 N–H and O–H groups in total. The number of rotatable bonds is 9. The van der Waals surface area contributed by atoms with Gasteiger partial charge in [-0.15, -0.1) is 0 Å². The molecule has 0 unspecified atom stereocenters. The van der Waals surface area contributed by atoms with Crippen molar-refractivity contribution in [1.82, 2.24) is 10.0 Å². The minimum Gasteiger partial charge on any atom is -0.404 e. The van der Waals surface area contributed by atoms with Crippen molar-refractivity contribution in [3.63, 3.8) is 0 Å². The molecule has 1 heterocycles. The Morgan fingerprint density at radius 2 is 1.62 bits per heavy atom. The molecule has 0 amide bonds. The van der Waals surface area contributed by atoms with Crippen molar-refractivity contribution in [1.29, 1.82) is 0 Å². The van der Waals surface area contributed by atoms with Crippen LogP contribution in [0.15, 0.2) is 11.3 Å². The molecule has 0 aromatic carbocycles. The van der Waals surface area contributed by atoms with E-state index in [0.29, 0.717) is 18.2 Å². The lowest BCUT2D eigenvalue weighted by Crippen LogP contribution is -2.60. The van der Waals surface area contributed by atoms with E-state index >= 15 is 0 Å². The molecule has 1 aliphatic carbocycles. The summed E-state index contributed by atoms with van der Waals surface area (Å²) in [6.45, 7) is 18.2. The highest BCUT2D eigenvalue weighted by Crippen LogP contribution is 2.58. The van der Waals surface area contributed by atoms with E-state index in [9.17, 15) is 0 Å². The van der Waals surface area contributed by atoms with E-state index < -0.39 is 0 Å². The number of allylic oxidation sites excluding steroid dienone is 2. The third-order valence-electron chi connectivity index (χ3n) is 6.31. The molecule has 3 heteroatoms. The minimum absolute atomic E-state index is 0.151. The van der Waals surface area contributed by atoms with Gasteiger partial charge in [0.05, 0.1) is 0 Å². The van der Waals surface area contributed by atoms with Crippen LogP contribution in [0, 0.1) is 5.92 Å². The molecule has 0 atom stereocenters. The number of hydrogen-bond acceptors (Lipinski definition) is 2. The summed E-state index contributed by atoms with van der Waals surface area (Å²) in [5, 5.41) is 4.49. The average molecular weight is 360 g/mol. The Bertz CT molecular complexity index is 467. The zero-order valence-corrected chi connectivity index (χ0v) is 18.9. The van der Waals surface area contributed by atoms with Gasteiger partial charge in [0.1, 0.15) is 0 Å². The average Bonchev–Trinajstić information content (AvgIpc) is 2.80. The van der Waals surface area contributed by atoms with Gasteiger partial charge in [-0.05, 0) is 70.8 Å². The molecule has 1 aliphatic heterocycles. The van der Waals surface area contributed by atoms with Crippen LogP contribution in [0.1, 0.15) is 113 Å². The van der Waals surface area contributed by atoms with Crippen LogP contribution in [0.25, 0.3) is 0 Å². The highest BCUT2D eigenvalue weighted by molar-refractivity contribution is 6.59. The van der Waals surface area contributed by atoms with Gasteiger partial charge in [-0.25, -0.2) is 0 Å². The SMILES string of the molecule is CCCCC1(CCCC)B(NC(C)(C)C)N(CC(C)C)C2=C1CCCC2. The topological polar surface area (TPSA) is 15.3 Å². The smallest absolute Gasteiger partial charge is 0.351 e. The standard InChI is InChI=1S/C23H45BN2/c1-8-10-16-23(17-11-9-2)20-14-12-13-15-21(20)26(18-19(3)4)24(23)25-22(5,6)7/h19,25H,8-18H2,1-7H3. The largest absolute Gasteiger partial charge is 0.404 e. The van der Waals surface area contributed by atoms with Crippen LogP contribution < -0.4 is 5.23 Å². The van der Waals surface area contributed by atoms with Crippen LogP contribution in [0.5, 0.6) is 0 Å². The summed E-state index contributed by atoms with van der Waals surface area (Å²) < 4.78 is 0. The molecule has 2 aliphatic rings. The van der Waals surface area contributed by atoms with Crippen LogP contribution in [0.3, 0.4) is 0 Å². The predicted molar refractivity (Wildman–Crippen MR) is 117 cm³/mol. The summed E-state index contributed by atoms with van der Waals surface area (Å²) in [5.74, 6) is 0.711. The maximum Gasteiger partial charge on any atom is 0.351 e. The Labute approximate surface area is 164 Å². The van der Waals surface area contributed by atoms with Crippen LogP contribution in [0.4, 0.5) is 0 Å². The van der Waals surface area contributed by atoms with Crippen molar-refractivity contribution in [2.45, 2.75) is 124 Å². The maximum atomic E-state index is 4.12. The van der Waals surface area contributed by atoms with E-state index in [1.807, 2.05) is 5.57 Å². The maximum absolute atomic E-state index is 4.12. The summed E-state index contributed by atoms with van der Waals surface area (Å²) in [7, 11) is 0. The Balaban J connectivity index is 2.49. The van der Waals surface area contributed by atoms with Gasteiger partial charge in [0.15, 0.2) is 0 Å². The van der Waals surface area contributed by atoms with Gasteiger partial charge in [-0.2, -0.15) is 0 Å². The molecule has 0 aromatic rings. The van der Waals surface area contributed by atoms with Gasteiger partial charge in [0.2, 0.25) is 0 Å². The van der Waals surface area contributed by atoms with Gasteiger partial charge < -0.3 is 10.0 Å². The zero-order chi connectivity index (χ0) is 19.4. The van der Waals surface area contributed by atoms with Crippen LogP contribution in [-0.4, -0.2) is 23.9 Å². The van der Waals surface area contributed by atoms with E-state index in [1.165, 1.54) is 70.8 Å². The molecule has 0 saturated heterocycles. The lowest BCUT2D eigenvalue weighted by atomic mass is 9.44. The fraction of sp³-hybridized carbons (Fsp3) is 0.913. The second-order valence-corrected chi connectivity index (χ2v) is 10.3. The Morgan fingerprint density at radius 3 is 2.12 bits per heavy atom. The van der Waals surface area contributed by atoms with Crippen LogP contribution in [0.2, 0.25) is 5.31 Å². The fourth-order valence-electron chi connectivity index (χ4n) is 5.28. The molecule has 26 heavy (non-hydrogen) atoms. The normalized spacial score (nSPS) is 20.3. The van der Waals surface area contributed by atoms with Crippen molar-refractivity contribution < 1.29 is 0 Å². The van der Waals surface area contributed by atoms with Crippen molar-refractivity contribution in [2.24, 2.45) is 5.92 Å². The van der Waals surface area contributed by atoms with E-state index in [1.54, 1.807) is 5.70 Å². The quantitative estimate of drug-likeness (QED) is 0.456. The first-order valence-electron chi connectivity index (χ1n) is 11.5. The fourth-order valence-corrected chi connectivity index (χ4v) is 5.28. The first-order valence-corrected chi connectivity index (χ1v) is 11.5. The van der Waals surface area contributed by atoms with E-state index in [4.69, 9.17) is 0 Å². The third-order valence-corrected chi connectivity index (χ3v) is 6.31. The lowest BCUT2D eigenvalue weighted by Gasteiger charge is -2.42. The molecule has 2 nitrogen and oxygen atoms in total. The predicted octanol–water partition coefficient (Wildman–Crippen LogP) is 6.78. The van der Waals surface area contributed by atoms with E-state index in [2.05, 4.69) is 58.5 Å². The molecular formula is C23H45BN2. The Kier molecular flexibility index (Phi) is 7.71. The van der Waals surface area contributed by atoms with Gasteiger partial charge in [0.25, 0.3) is 0 Å². The molecule has 2 rings (SSSR count). The molecule has 0 fully saturated rings. The van der Waals surface area contributed by atoms with E-state index in [0.717, 1.165) is 0 Å². The molecule has 0 spiro atoms. The van der Waals surface area contributed by atoms with Gasteiger partial charge in [0, 0.05) is 23.1 Å². The lowest BCUT2D eigenvalue weighted by molar-refractivity contribution is 0.390. The molecule has 0 bridgehead atoms. The second kappa shape index (κ2) is 9.17. The highest BCUT2D eigenvalue weighted by atomic mass is 15.2. The highest BCUT2D eigenvalue weighted by Gasteiger charge is 2.55. The second-order valence-electron chi connectivity index (χ2n) is 10.3. The van der Waals surface area contributed by atoms with Crippen LogP contribution in [-0.2, 0) is 0 Å². The van der Waals surface area contributed by atoms with Gasteiger partial charge >= 0.3 is 6.98 Å². The third kappa shape index (κ3) is 4.88. The molecule has 0 saturated carbocycles. The van der Waals surface area contributed by atoms with Crippen LogP contribution >= 0.6 is 0 Å². The van der Waals surface area contributed by atoms with E-state index in [-0.39, 0.29) is 5.54 Å². The van der Waals surface area contributed by atoms with Crippen molar-refractivity contribution in [2.75, 3.05) is 6.54 Å². The van der Waals surface area contributed by atoms with Gasteiger partial charge in [-0.3, -0.25) is 0 Å². The summed E-state index contributed by atoms with van der Waals surface area (Å²) in [6, 6.07) is 0. The molecule has 0 aromatic heterocycles. The van der Waals surface area contributed by atoms with Gasteiger partial charge in [-0.1, -0.05) is 53.4 Å². The Morgan fingerprint density at radius 1 is 1.04 bits per heavy atom. The molecule has 150 valence electrons. The molecule has 0 radical (unpaired) electrons. The summed E-state index contributed by atoms with van der Waals surface area (Å²) in [5.41, 5.74) is 3.74. The van der Waals surface area contributed by atoms with Crippen molar-refractivity contribution >= 4 is 6.98 Å². The Hall–Kier alpha value is -0.435. The first-order chi connectivity index (χ1) is 12.2. The number of nitrogens with zero attached hydrogens (tertiary/aromatic N) is 1. The minimum atomic E-state index is 0.151. The summed E-state index contributed by atoms with van der Waals surface area (Å²) in [6.07, 6.45) is 13.5.